The van der Waals surface area contributed by atoms with E-state index in [2.05, 4.69) is 10.3 Å². The van der Waals surface area contributed by atoms with Crippen LogP contribution < -0.4 is 5.32 Å². The molecule has 1 amide bonds. The highest BCUT2D eigenvalue weighted by Crippen LogP contribution is 2.20. The molecule has 0 unspecified atom stereocenters. The van der Waals surface area contributed by atoms with Crippen LogP contribution in [0.15, 0.2) is 36.5 Å². The maximum atomic E-state index is 13.4. The number of carbonyl (C=O) groups is 2. The van der Waals surface area contributed by atoms with Crippen LogP contribution in [0.3, 0.4) is 0 Å². The zero-order valence-electron chi connectivity index (χ0n) is 14.4. The van der Waals surface area contributed by atoms with Gasteiger partial charge in [-0.25, -0.2) is 4.39 Å². The number of benzene rings is 1. The van der Waals surface area contributed by atoms with Gasteiger partial charge in [0.15, 0.2) is 0 Å². The Balaban J connectivity index is 2.07. The third kappa shape index (κ3) is 5.64. The summed E-state index contributed by atoms with van der Waals surface area (Å²) in [5.74, 6) is -0.965. The van der Waals surface area contributed by atoms with E-state index in [-0.39, 0.29) is 40.8 Å². The monoisotopic (exact) mass is 362 g/mol. The van der Waals surface area contributed by atoms with Crippen molar-refractivity contribution in [2.24, 2.45) is 0 Å². The zero-order valence-corrected chi connectivity index (χ0v) is 15.2. The number of Topliss-reactive ketones (excluding diaryl/α,β-unsaturated/α-hetero) is 1. The molecule has 2 aromatic rings. The molecule has 0 fully saturated rings. The molecular weight excluding hydrogens is 343 g/mol. The second-order valence-electron chi connectivity index (χ2n) is 6.86. The Hall–Kier alpha value is -2.27. The summed E-state index contributed by atoms with van der Waals surface area (Å²) >= 11 is 5.88. The van der Waals surface area contributed by atoms with Crippen LogP contribution in [-0.2, 0) is 17.6 Å². The number of pyridine rings is 1. The van der Waals surface area contributed by atoms with E-state index in [1.165, 1.54) is 18.3 Å². The second-order valence-corrected chi connectivity index (χ2v) is 7.24. The van der Waals surface area contributed by atoms with E-state index in [9.17, 15) is 14.0 Å². The van der Waals surface area contributed by atoms with Crippen molar-refractivity contribution in [1.82, 2.24) is 10.3 Å². The van der Waals surface area contributed by atoms with Crippen LogP contribution in [0.2, 0.25) is 5.02 Å². The number of nitrogens with zero attached hydrogens (tertiary/aromatic N) is 1. The number of hydrogen-bond donors (Lipinski definition) is 1. The molecule has 6 heteroatoms. The number of halogens is 2. The summed E-state index contributed by atoms with van der Waals surface area (Å²) in [4.78, 5) is 28.5. The first-order chi connectivity index (χ1) is 11.7. The minimum Gasteiger partial charge on any atom is -0.346 e. The molecule has 0 aliphatic rings. The first-order valence-corrected chi connectivity index (χ1v) is 8.25. The third-order valence-corrected chi connectivity index (χ3v) is 3.79. The fourth-order valence-corrected chi connectivity index (χ4v) is 2.49. The minimum atomic E-state index is -0.544. The van der Waals surface area contributed by atoms with Gasteiger partial charge in [0.2, 0.25) is 0 Å². The Morgan fingerprint density at radius 3 is 2.60 bits per heavy atom. The summed E-state index contributed by atoms with van der Waals surface area (Å²) in [7, 11) is 0. The second kappa shape index (κ2) is 7.74. The van der Waals surface area contributed by atoms with E-state index in [1.54, 1.807) is 18.2 Å². The quantitative estimate of drug-likeness (QED) is 0.881. The summed E-state index contributed by atoms with van der Waals surface area (Å²) < 4.78 is 13.4. The van der Waals surface area contributed by atoms with Crippen molar-refractivity contribution in [3.8, 4) is 0 Å². The molecule has 4 nitrogen and oxygen atoms in total. The Kier molecular flexibility index (Phi) is 5.90. The fraction of sp³-hybridized carbons (Fsp3) is 0.316. The van der Waals surface area contributed by atoms with Gasteiger partial charge in [-0.15, -0.1) is 0 Å². The van der Waals surface area contributed by atoms with Crippen molar-refractivity contribution in [1.29, 1.82) is 0 Å². The molecule has 1 aromatic heterocycles. The van der Waals surface area contributed by atoms with Crippen LogP contribution in [0.4, 0.5) is 4.39 Å². The van der Waals surface area contributed by atoms with Crippen LogP contribution in [0.1, 0.15) is 42.4 Å². The molecule has 0 aliphatic carbocycles. The molecule has 1 aromatic carbocycles. The predicted octanol–water partition coefficient (Wildman–Crippen LogP) is 3.76. The number of hydrogen-bond acceptors (Lipinski definition) is 3. The van der Waals surface area contributed by atoms with Crippen molar-refractivity contribution in [2.45, 2.75) is 39.2 Å². The fourth-order valence-electron chi connectivity index (χ4n) is 2.30. The molecule has 0 radical (unpaired) electrons. The topological polar surface area (TPSA) is 59.1 Å². The van der Waals surface area contributed by atoms with E-state index in [0.29, 0.717) is 11.1 Å². The predicted molar refractivity (Wildman–Crippen MR) is 95.3 cm³/mol. The lowest BCUT2D eigenvalue weighted by atomic mass is 10.0. The lowest BCUT2D eigenvalue weighted by Gasteiger charge is -2.20. The van der Waals surface area contributed by atoms with Gasteiger partial charge in [0.1, 0.15) is 17.3 Å². The molecule has 0 saturated carbocycles. The summed E-state index contributed by atoms with van der Waals surface area (Å²) in [6.07, 6.45) is 1.64. The summed E-state index contributed by atoms with van der Waals surface area (Å²) in [6.45, 7) is 5.63. The molecule has 0 bridgehead atoms. The van der Waals surface area contributed by atoms with Gasteiger partial charge >= 0.3 is 0 Å². The van der Waals surface area contributed by atoms with Gasteiger partial charge in [-0.2, -0.15) is 0 Å². The standard InChI is InChI=1S/C19H20ClFN2O2/c1-19(2,3)23-18(25)16-10-12(7-8-22-16)9-14(24)11-13-5-4-6-15(21)17(13)20/h4-8,10H,9,11H2,1-3H3,(H,23,25). The number of rotatable bonds is 5. The maximum Gasteiger partial charge on any atom is 0.270 e. The first kappa shape index (κ1) is 19.1. The normalized spacial score (nSPS) is 11.2. The van der Waals surface area contributed by atoms with Crippen LogP contribution in [0.25, 0.3) is 0 Å². The number of carbonyl (C=O) groups excluding carboxylic acids is 2. The molecule has 2 rings (SSSR count). The number of ketones is 1. The number of aromatic nitrogens is 1. The molecule has 0 atom stereocenters. The third-order valence-electron chi connectivity index (χ3n) is 3.37. The highest BCUT2D eigenvalue weighted by atomic mass is 35.5. The van der Waals surface area contributed by atoms with Crippen molar-refractivity contribution >= 4 is 23.3 Å². The molecule has 25 heavy (non-hydrogen) atoms. The van der Waals surface area contributed by atoms with Gasteiger partial charge in [-0.3, -0.25) is 14.6 Å². The lowest BCUT2D eigenvalue weighted by molar-refractivity contribution is -0.117. The van der Waals surface area contributed by atoms with Gasteiger partial charge in [0.05, 0.1) is 5.02 Å². The van der Waals surface area contributed by atoms with Gasteiger partial charge in [0.25, 0.3) is 5.91 Å². The molecule has 0 aliphatic heterocycles. The lowest BCUT2D eigenvalue weighted by Crippen LogP contribution is -2.40. The smallest absolute Gasteiger partial charge is 0.270 e. The zero-order chi connectivity index (χ0) is 18.6. The van der Waals surface area contributed by atoms with Gasteiger partial charge in [-0.1, -0.05) is 23.7 Å². The minimum absolute atomic E-state index is 0.0302. The van der Waals surface area contributed by atoms with Crippen molar-refractivity contribution in [3.05, 3.63) is 64.2 Å². The van der Waals surface area contributed by atoms with Gasteiger partial charge in [0, 0.05) is 24.6 Å². The van der Waals surface area contributed by atoms with Crippen molar-refractivity contribution in [3.63, 3.8) is 0 Å². The Bertz CT molecular complexity index is 800. The molecule has 1 N–H and O–H groups in total. The SMILES string of the molecule is CC(C)(C)NC(=O)c1cc(CC(=O)Cc2cccc(F)c2Cl)ccn1. The van der Waals surface area contributed by atoms with Gasteiger partial charge in [-0.05, 0) is 50.1 Å². The Morgan fingerprint density at radius 1 is 1.20 bits per heavy atom. The van der Waals surface area contributed by atoms with E-state index in [0.717, 1.165) is 0 Å². The highest BCUT2D eigenvalue weighted by Gasteiger charge is 2.17. The highest BCUT2D eigenvalue weighted by molar-refractivity contribution is 6.31. The largest absolute Gasteiger partial charge is 0.346 e. The molecule has 132 valence electrons. The average Bonchev–Trinajstić information content (AvgIpc) is 2.50. The van der Waals surface area contributed by atoms with Crippen LogP contribution in [0.5, 0.6) is 0 Å². The summed E-state index contributed by atoms with van der Waals surface area (Å²) in [5.41, 5.74) is 1.00. The van der Waals surface area contributed by atoms with E-state index < -0.39 is 5.82 Å². The molecule has 0 spiro atoms. The summed E-state index contributed by atoms with van der Waals surface area (Å²) in [5, 5.41) is 2.79. The van der Waals surface area contributed by atoms with E-state index in [1.807, 2.05) is 20.8 Å². The van der Waals surface area contributed by atoms with E-state index >= 15 is 0 Å². The molecule has 0 saturated heterocycles. The maximum absolute atomic E-state index is 13.4. The van der Waals surface area contributed by atoms with Gasteiger partial charge < -0.3 is 5.32 Å². The average molecular weight is 363 g/mol. The Labute approximate surface area is 151 Å². The van der Waals surface area contributed by atoms with Crippen LogP contribution in [0, 0.1) is 5.82 Å². The molecule has 1 heterocycles. The number of amides is 1. The van der Waals surface area contributed by atoms with Crippen molar-refractivity contribution < 1.29 is 14.0 Å². The van der Waals surface area contributed by atoms with Crippen LogP contribution in [-0.4, -0.2) is 22.2 Å². The van der Waals surface area contributed by atoms with E-state index in [4.69, 9.17) is 11.6 Å². The number of nitrogens with one attached hydrogen (secondary N) is 1. The Morgan fingerprint density at radius 2 is 1.92 bits per heavy atom. The first-order valence-electron chi connectivity index (χ1n) is 7.88. The van der Waals surface area contributed by atoms with Crippen molar-refractivity contribution in [2.75, 3.05) is 0 Å². The van der Waals surface area contributed by atoms with Crippen LogP contribution >= 0.6 is 11.6 Å². The summed E-state index contributed by atoms with van der Waals surface area (Å²) in [6, 6.07) is 7.66. The molecular formula is C19H20ClFN2O2.